The maximum absolute atomic E-state index is 12.7. The Morgan fingerprint density at radius 2 is 0.971 bits per heavy atom. The zero-order valence-corrected chi connectivity index (χ0v) is 22.0. The van der Waals surface area contributed by atoms with E-state index in [9.17, 15) is 16.8 Å². The molecule has 0 atom stereocenters. The monoisotopic (exact) mass is 504 g/mol. The highest BCUT2D eigenvalue weighted by molar-refractivity contribution is 7.89. The van der Waals surface area contributed by atoms with Crippen molar-refractivity contribution in [3.63, 3.8) is 0 Å². The van der Waals surface area contributed by atoms with Crippen LogP contribution in [0.3, 0.4) is 0 Å². The zero-order valence-electron chi connectivity index (χ0n) is 20.4. The average molecular weight is 505 g/mol. The zero-order chi connectivity index (χ0) is 25.4. The maximum Gasteiger partial charge on any atom is 0.276 e. The standard InChI is InChI=1S/C24H32N4O4S2/c1-17-7-11-19(12-8-17)33(29,30)27-25-21-15-23(3,4)16-22(24(21,5)6)26-28-34(31,32)20-13-9-18(2)10-14-20/h7-14,27-28H,15-16H2,1-6H3/b25-21-,26-22+. The summed E-state index contributed by atoms with van der Waals surface area (Å²) in [7, 11) is -7.69. The molecule has 0 unspecified atom stereocenters. The summed E-state index contributed by atoms with van der Waals surface area (Å²) in [6, 6.07) is 13.0. The van der Waals surface area contributed by atoms with Gasteiger partial charge < -0.3 is 0 Å². The van der Waals surface area contributed by atoms with Crippen LogP contribution in [-0.2, 0) is 20.0 Å². The van der Waals surface area contributed by atoms with Crippen molar-refractivity contribution in [1.29, 1.82) is 0 Å². The Labute approximate surface area is 202 Å². The van der Waals surface area contributed by atoms with Crippen LogP contribution >= 0.6 is 0 Å². The third-order valence-corrected chi connectivity index (χ3v) is 8.45. The lowest BCUT2D eigenvalue weighted by molar-refractivity contribution is 0.360. The van der Waals surface area contributed by atoms with Crippen LogP contribution in [0.2, 0.25) is 0 Å². The molecule has 0 heterocycles. The highest BCUT2D eigenvalue weighted by atomic mass is 32.2. The predicted molar refractivity (Wildman–Crippen MR) is 135 cm³/mol. The van der Waals surface area contributed by atoms with Gasteiger partial charge >= 0.3 is 0 Å². The van der Waals surface area contributed by atoms with Crippen LogP contribution in [0.1, 0.15) is 51.7 Å². The van der Waals surface area contributed by atoms with Crippen molar-refractivity contribution in [2.24, 2.45) is 21.0 Å². The molecule has 1 fully saturated rings. The average Bonchev–Trinajstić information content (AvgIpc) is 2.74. The second-order valence-corrected chi connectivity index (χ2v) is 13.4. The maximum atomic E-state index is 12.7. The first kappa shape index (κ1) is 25.9. The van der Waals surface area contributed by atoms with E-state index in [0.29, 0.717) is 24.3 Å². The summed E-state index contributed by atoms with van der Waals surface area (Å²) in [5, 5.41) is 8.57. The number of sulfonamides is 2. The van der Waals surface area contributed by atoms with Gasteiger partial charge in [-0.25, -0.2) is 9.66 Å². The Bertz CT molecular complexity index is 1220. The first-order valence-corrected chi connectivity index (χ1v) is 13.9. The lowest BCUT2D eigenvalue weighted by Gasteiger charge is -2.41. The van der Waals surface area contributed by atoms with Gasteiger partial charge in [-0.15, -0.1) is 0 Å². The van der Waals surface area contributed by atoms with Gasteiger partial charge in [0, 0.05) is 5.41 Å². The van der Waals surface area contributed by atoms with E-state index in [1.54, 1.807) is 24.3 Å². The van der Waals surface area contributed by atoms with Crippen LogP contribution < -0.4 is 9.66 Å². The SMILES string of the molecule is Cc1ccc(S(=O)(=O)N/N=C2/CC(C)(C)C/C(=N\NS(=O)(=O)c3ccc(C)cc3)C2(C)C)cc1. The van der Waals surface area contributed by atoms with Crippen molar-refractivity contribution >= 4 is 31.5 Å². The van der Waals surface area contributed by atoms with E-state index >= 15 is 0 Å². The Morgan fingerprint density at radius 1 is 0.647 bits per heavy atom. The smallest absolute Gasteiger partial charge is 0.200 e. The molecule has 0 amide bonds. The summed E-state index contributed by atoms with van der Waals surface area (Å²) in [5.74, 6) is 0. The molecular formula is C24H32N4O4S2. The van der Waals surface area contributed by atoms with Gasteiger partial charge in [0.05, 0.1) is 21.2 Å². The van der Waals surface area contributed by atoms with Crippen molar-refractivity contribution in [1.82, 2.24) is 9.66 Å². The Balaban J connectivity index is 1.90. The molecule has 1 aliphatic carbocycles. The first-order valence-electron chi connectivity index (χ1n) is 10.9. The topological polar surface area (TPSA) is 117 Å². The molecule has 0 saturated heterocycles. The van der Waals surface area contributed by atoms with E-state index in [4.69, 9.17) is 0 Å². The second-order valence-electron chi connectivity index (χ2n) is 10.1. The van der Waals surface area contributed by atoms with Crippen molar-refractivity contribution in [3.8, 4) is 0 Å². The van der Waals surface area contributed by atoms with Gasteiger partial charge in [0.1, 0.15) is 0 Å². The van der Waals surface area contributed by atoms with E-state index in [0.717, 1.165) is 11.1 Å². The Morgan fingerprint density at radius 3 is 1.29 bits per heavy atom. The number of benzene rings is 2. The van der Waals surface area contributed by atoms with E-state index in [1.807, 2.05) is 41.5 Å². The molecule has 2 aromatic rings. The lowest BCUT2D eigenvalue weighted by atomic mass is 9.64. The minimum absolute atomic E-state index is 0.120. The number of hydrogen-bond donors (Lipinski definition) is 2. The molecule has 0 spiro atoms. The summed E-state index contributed by atoms with van der Waals surface area (Å²) >= 11 is 0. The molecule has 184 valence electrons. The van der Waals surface area contributed by atoms with Gasteiger partial charge in [-0.3, -0.25) is 0 Å². The summed E-state index contributed by atoms with van der Waals surface area (Å²) in [5.41, 5.74) is 2.00. The molecule has 3 rings (SSSR count). The Kier molecular flexibility index (Phi) is 6.96. The third-order valence-electron chi connectivity index (χ3n) is 6.00. The van der Waals surface area contributed by atoms with E-state index in [-0.39, 0.29) is 15.2 Å². The first-order chi connectivity index (χ1) is 15.6. The molecule has 34 heavy (non-hydrogen) atoms. The molecule has 1 saturated carbocycles. The highest BCUT2D eigenvalue weighted by Crippen LogP contribution is 2.41. The van der Waals surface area contributed by atoms with Crippen LogP contribution in [0, 0.1) is 24.7 Å². The molecule has 1 aliphatic rings. The summed E-state index contributed by atoms with van der Waals surface area (Å²) in [4.78, 5) is 4.94. The van der Waals surface area contributed by atoms with Crippen molar-refractivity contribution in [2.45, 2.75) is 64.2 Å². The van der Waals surface area contributed by atoms with Gasteiger partial charge in [0.15, 0.2) is 0 Å². The fourth-order valence-electron chi connectivity index (χ4n) is 3.71. The van der Waals surface area contributed by atoms with E-state index in [2.05, 4.69) is 19.9 Å². The number of nitrogens with zero attached hydrogens (tertiary/aromatic N) is 2. The van der Waals surface area contributed by atoms with Gasteiger partial charge in [-0.1, -0.05) is 49.2 Å². The molecule has 0 aromatic heterocycles. The largest absolute Gasteiger partial charge is 0.276 e. The van der Waals surface area contributed by atoms with Crippen LogP contribution in [0.5, 0.6) is 0 Å². The molecule has 0 bridgehead atoms. The van der Waals surface area contributed by atoms with Gasteiger partial charge in [-0.05, 0) is 70.2 Å². The lowest BCUT2D eigenvalue weighted by Crippen LogP contribution is -2.46. The fourth-order valence-corrected chi connectivity index (χ4v) is 5.37. The normalized spacial score (nSPS) is 20.3. The number of nitrogens with one attached hydrogen (secondary N) is 2. The van der Waals surface area contributed by atoms with Gasteiger partial charge in [0.25, 0.3) is 20.0 Å². The fraction of sp³-hybridized carbons (Fsp3) is 0.417. The van der Waals surface area contributed by atoms with Crippen LogP contribution in [0.25, 0.3) is 0 Å². The summed E-state index contributed by atoms with van der Waals surface area (Å²) in [6.07, 6.45) is 1.06. The minimum Gasteiger partial charge on any atom is -0.200 e. The van der Waals surface area contributed by atoms with Crippen LogP contribution in [-0.4, -0.2) is 28.3 Å². The highest BCUT2D eigenvalue weighted by Gasteiger charge is 2.43. The molecule has 8 nitrogen and oxygen atoms in total. The number of hydrogen-bond acceptors (Lipinski definition) is 6. The quantitative estimate of drug-likeness (QED) is 0.576. The summed E-state index contributed by atoms with van der Waals surface area (Å²) in [6.45, 7) is 11.5. The number of aryl methyl sites for hydroxylation is 2. The van der Waals surface area contributed by atoms with E-state index in [1.165, 1.54) is 24.3 Å². The molecular weight excluding hydrogens is 472 g/mol. The van der Waals surface area contributed by atoms with Crippen molar-refractivity contribution in [2.75, 3.05) is 0 Å². The second kappa shape index (κ2) is 9.14. The molecule has 10 heteroatoms. The van der Waals surface area contributed by atoms with Crippen molar-refractivity contribution < 1.29 is 16.8 Å². The number of hydrazone groups is 2. The van der Waals surface area contributed by atoms with Crippen LogP contribution in [0.15, 0.2) is 68.5 Å². The third kappa shape index (κ3) is 5.85. The summed E-state index contributed by atoms with van der Waals surface area (Å²) < 4.78 is 51.0. The van der Waals surface area contributed by atoms with Gasteiger partial charge in [0.2, 0.25) is 0 Å². The number of rotatable bonds is 6. The van der Waals surface area contributed by atoms with Crippen LogP contribution in [0.4, 0.5) is 0 Å². The molecule has 2 N–H and O–H groups in total. The predicted octanol–water partition coefficient (Wildman–Crippen LogP) is 4.12. The van der Waals surface area contributed by atoms with E-state index < -0.39 is 25.5 Å². The molecule has 0 radical (unpaired) electrons. The van der Waals surface area contributed by atoms with Gasteiger partial charge in [-0.2, -0.15) is 27.0 Å². The Hall–Kier alpha value is -2.72. The van der Waals surface area contributed by atoms with Crippen molar-refractivity contribution in [3.05, 3.63) is 59.7 Å². The minimum atomic E-state index is -3.85. The molecule has 2 aromatic carbocycles. The molecule has 0 aliphatic heterocycles.